The van der Waals surface area contributed by atoms with E-state index in [1.54, 1.807) is 61.7 Å². The minimum absolute atomic E-state index is 0.0784. The second kappa shape index (κ2) is 9.62. The average molecular weight is 430 g/mol. The molecule has 1 saturated heterocycles. The number of thioether (sulfide) groups is 1. The van der Waals surface area contributed by atoms with Crippen molar-refractivity contribution in [1.82, 2.24) is 4.90 Å². The van der Waals surface area contributed by atoms with Gasteiger partial charge in [0, 0.05) is 23.7 Å². The molecule has 0 aromatic heterocycles. The van der Waals surface area contributed by atoms with Crippen molar-refractivity contribution in [3.05, 3.63) is 66.2 Å². The highest BCUT2D eigenvalue weighted by atomic mass is 35.5. The molecule has 0 radical (unpaired) electrons. The minimum Gasteiger partial charge on any atom is -0.497 e. The summed E-state index contributed by atoms with van der Waals surface area (Å²) in [5, 5.41) is 3.24. The Morgan fingerprint density at radius 2 is 2.14 bits per heavy atom. The third kappa shape index (κ3) is 5.40. The maximum Gasteiger partial charge on any atom is 0.238 e. The number of rotatable bonds is 6. The average Bonchev–Trinajstić information content (AvgIpc) is 2.71. The van der Waals surface area contributed by atoms with E-state index < -0.39 is 5.25 Å². The fourth-order valence-corrected chi connectivity index (χ4v) is 4.00. The Morgan fingerprint density at radius 1 is 1.38 bits per heavy atom. The zero-order valence-corrected chi connectivity index (χ0v) is 17.4. The van der Waals surface area contributed by atoms with Gasteiger partial charge in [-0.15, -0.1) is 6.58 Å². The lowest BCUT2D eigenvalue weighted by molar-refractivity contribution is -0.129. The summed E-state index contributed by atoms with van der Waals surface area (Å²) in [6, 6.07) is 14.0. The number of halogens is 1. The normalized spacial score (nSPS) is 17.9. The number of amidine groups is 1. The number of aliphatic imine (C=N–C) groups is 1. The minimum atomic E-state index is -0.594. The van der Waals surface area contributed by atoms with Crippen LogP contribution in [0.3, 0.4) is 0 Å². The number of hydrogen-bond donors (Lipinski definition) is 1. The number of methoxy groups -OCH3 is 1. The molecule has 0 bridgehead atoms. The maximum absolute atomic E-state index is 12.8. The standard InChI is InChI=1S/C21H20ClN3O3S/c1-3-11-25-19(26)13-18(20(27)23-15-7-9-17(28-2)10-8-15)29-21(25)24-16-6-4-5-14(22)12-16/h3-10,12,18H,1,11,13H2,2H3,(H,23,27)/t18-/m0/s1. The van der Waals surface area contributed by atoms with Crippen molar-refractivity contribution >= 4 is 51.7 Å². The van der Waals surface area contributed by atoms with Crippen molar-refractivity contribution in [2.24, 2.45) is 4.99 Å². The molecular formula is C21H20ClN3O3S. The summed E-state index contributed by atoms with van der Waals surface area (Å²) in [5.41, 5.74) is 1.24. The summed E-state index contributed by atoms with van der Waals surface area (Å²) < 4.78 is 5.12. The lowest BCUT2D eigenvalue weighted by Gasteiger charge is -2.31. The number of anilines is 1. The molecule has 3 rings (SSSR count). The first-order valence-corrected chi connectivity index (χ1v) is 10.1. The number of hydrogen-bond acceptors (Lipinski definition) is 5. The van der Waals surface area contributed by atoms with Crippen molar-refractivity contribution in [1.29, 1.82) is 0 Å². The summed E-state index contributed by atoms with van der Waals surface area (Å²) >= 11 is 7.28. The van der Waals surface area contributed by atoms with Crippen molar-refractivity contribution < 1.29 is 14.3 Å². The van der Waals surface area contributed by atoms with E-state index in [9.17, 15) is 9.59 Å². The molecule has 1 heterocycles. The third-order valence-electron chi connectivity index (χ3n) is 4.13. The summed E-state index contributed by atoms with van der Waals surface area (Å²) in [7, 11) is 1.58. The van der Waals surface area contributed by atoms with E-state index in [1.165, 1.54) is 16.7 Å². The van der Waals surface area contributed by atoms with Gasteiger partial charge in [0.15, 0.2) is 5.17 Å². The SMILES string of the molecule is C=CCN1C(=O)C[C@@H](C(=O)Nc2ccc(OC)cc2)SC1=Nc1cccc(Cl)c1. The van der Waals surface area contributed by atoms with E-state index in [-0.39, 0.29) is 18.2 Å². The Morgan fingerprint density at radius 3 is 2.79 bits per heavy atom. The summed E-state index contributed by atoms with van der Waals surface area (Å²) in [6.07, 6.45) is 1.71. The van der Waals surface area contributed by atoms with E-state index >= 15 is 0 Å². The van der Waals surface area contributed by atoms with Gasteiger partial charge in [0.05, 0.1) is 12.8 Å². The third-order valence-corrected chi connectivity index (χ3v) is 5.56. The molecule has 1 aliphatic heterocycles. The molecule has 1 atom stereocenters. The Labute approximate surface area is 178 Å². The van der Waals surface area contributed by atoms with Crippen LogP contribution in [0.2, 0.25) is 5.02 Å². The van der Waals surface area contributed by atoms with Gasteiger partial charge in [-0.05, 0) is 42.5 Å². The number of ether oxygens (including phenoxy) is 1. The zero-order chi connectivity index (χ0) is 20.8. The number of benzene rings is 2. The van der Waals surface area contributed by atoms with E-state index in [0.29, 0.717) is 33.9 Å². The quantitative estimate of drug-likeness (QED) is 0.686. The van der Waals surface area contributed by atoms with Crippen molar-refractivity contribution in [2.45, 2.75) is 11.7 Å². The molecule has 0 spiro atoms. The van der Waals surface area contributed by atoms with Crippen LogP contribution in [0.5, 0.6) is 5.75 Å². The van der Waals surface area contributed by atoms with Gasteiger partial charge >= 0.3 is 0 Å². The van der Waals surface area contributed by atoms with Crippen LogP contribution >= 0.6 is 23.4 Å². The summed E-state index contributed by atoms with van der Waals surface area (Å²) in [6.45, 7) is 4.02. The van der Waals surface area contributed by atoms with Crippen molar-refractivity contribution in [2.75, 3.05) is 19.0 Å². The second-order valence-corrected chi connectivity index (χ2v) is 7.80. The molecule has 2 aromatic rings. The molecule has 150 valence electrons. The number of amides is 2. The largest absolute Gasteiger partial charge is 0.497 e. The number of carbonyl (C=O) groups excluding carboxylic acids is 2. The molecule has 29 heavy (non-hydrogen) atoms. The van der Waals surface area contributed by atoms with Gasteiger partial charge in [0.2, 0.25) is 11.8 Å². The fourth-order valence-electron chi connectivity index (χ4n) is 2.70. The van der Waals surface area contributed by atoms with Gasteiger partial charge in [0.25, 0.3) is 0 Å². The molecular weight excluding hydrogens is 410 g/mol. The Hall–Kier alpha value is -2.77. The first kappa shape index (κ1) is 21.0. The van der Waals surface area contributed by atoms with Crippen LogP contribution in [0.1, 0.15) is 6.42 Å². The first-order chi connectivity index (χ1) is 14.0. The summed E-state index contributed by atoms with van der Waals surface area (Å²) in [4.78, 5) is 31.5. The molecule has 0 unspecified atom stereocenters. The monoisotopic (exact) mass is 429 g/mol. The van der Waals surface area contributed by atoms with Gasteiger partial charge in [0.1, 0.15) is 11.0 Å². The van der Waals surface area contributed by atoms with Crippen LogP contribution < -0.4 is 10.1 Å². The highest BCUT2D eigenvalue weighted by Gasteiger charge is 2.35. The molecule has 6 nitrogen and oxygen atoms in total. The molecule has 0 saturated carbocycles. The van der Waals surface area contributed by atoms with Crippen LogP contribution in [-0.4, -0.2) is 40.8 Å². The van der Waals surface area contributed by atoms with Crippen LogP contribution in [0, 0.1) is 0 Å². The van der Waals surface area contributed by atoms with Crippen LogP contribution in [0.25, 0.3) is 0 Å². The van der Waals surface area contributed by atoms with Crippen LogP contribution in [0.4, 0.5) is 11.4 Å². The zero-order valence-electron chi connectivity index (χ0n) is 15.8. The summed E-state index contributed by atoms with van der Waals surface area (Å²) in [5.74, 6) is 0.256. The van der Waals surface area contributed by atoms with Gasteiger partial charge < -0.3 is 10.1 Å². The predicted octanol–water partition coefficient (Wildman–Crippen LogP) is 4.49. The van der Waals surface area contributed by atoms with Gasteiger partial charge in [-0.25, -0.2) is 4.99 Å². The van der Waals surface area contributed by atoms with Crippen LogP contribution in [-0.2, 0) is 9.59 Å². The second-order valence-electron chi connectivity index (χ2n) is 6.20. The Bertz CT molecular complexity index is 946. The van der Waals surface area contributed by atoms with Crippen LogP contribution in [0.15, 0.2) is 66.2 Å². The van der Waals surface area contributed by atoms with Crippen molar-refractivity contribution in [3.8, 4) is 5.75 Å². The topological polar surface area (TPSA) is 71.0 Å². The molecule has 1 aliphatic rings. The molecule has 1 N–H and O–H groups in total. The Balaban J connectivity index is 1.80. The van der Waals surface area contributed by atoms with Crippen molar-refractivity contribution in [3.63, 3.8) is 0 Å². The molecule has 1 fully saturated rings. The first-order valence-electron chi connectivity index (χ1n) is 8.87. The highest BCUT2D eigenvalue weighted by Crippen LogP contribution is 2.30. The van der Waals surface area contributed by atoms with E-state index in [4.69, 9.17) is 16.3 Å². The highest BCUT2D eigenvalue weighted by molar-refractivity contribution is 8.15. The number of nitrogens with one attached hydrogen (secondary N) is 1. The predicted molar refractivity (Wildman–Crippen MR) is 118 cm³/mol. The number of carbonyl (C=O) groups is 2. The lowest BCUT2D eigenvalue weighted by Crippen LogP contribution is -2.45. The van der Waals surface area contributed by atoms with E-state index in [0.717, 1.165) is 0 Å². The van der Waals surface area contributed by atoms with E-state index in [1.807, 2.05) is 0 Å². The lowest BCUT2D eigenvalue weighted by atomic mass is 10.2. The molecule has 2 aromatic carbocycles. The molecule has 2 amide bonds. The smallest absolute Gasteiger partial charge is 0.238 e. The Kier molecular flexibility index (Phi) is 6.95. The van der Waals surface area contributed by atoms with E-state index in [2.05, 4.69) is 16.9 Å². The van der Waals surface area contributed by atoms with Gasteiger partial charge in [-0.1, -0.05) is 35.5 Å². The maximum atomic E-state index is 12.8. The van der Waals surface area contributed by atoms with Gasteiger partial charge in [-0.3, -0.25) is 14.5 Å². The molecule has 8 heteroatoms. The molecule has 0 aliphatic carbocycles. The van der Waals surface area contributed by atoms with Gasteiger partial charge in [-0.2, -0.15) is 0 Å². The fraction of sp³-hybridized carbons (Fsp3) is 0.190. The number of nitrogens with zero attached hydrogens (tertiary/aromatic N) is 2.